The maximum Gasteiger partial charge on any atom is 0.243 e. The minimum absolute atomic E-state index is 0.00661. The molecule has 0 heterocycles. The summed E-state index contributed by atoms with van der Waals surface area (Å²) in [6.07, 6.45) is 4.97. The van der Waals surface area contributed by atoms with Crippen molar-refractivity contribution in [1.82, 2.24) is 5.32 Å². The smallest absolute Gasteiger partial charge is 0.243 e. The van der Waals surface area contributed by atoms with E-state index in [0.29, 0.717) is 18.6 Å². The first-order valence-electron chi connectivity index (χ1n) is 6.03. The number of nitrogens with two attached hydrogens (primary N) is 2. The van der Waals surface area contributed by atoms with Crippen molar-refractivity contribution >= 4 is 5.91 Å². The first kappa shape index (κ1) is 13.4. The predicted octanol–water partition coefficient (Wildman–Crippen LogP) is -0.405. The lowest BCUT2D eigenvalue weighted by molar-refractivity contribution is -0.122. The van der Waals surface area contributed by atoms with Gasteiger partial charge >= 0.3 is 0 Å². The molecule has 0 radical (unpaired) electrons. The Bertz CT molecular complexity index is 211. The van der Waals surface area contributed by atoms with Gasteiger partial charge in [-0.05, 0) is 25.3 Å². The van der Waals surface area contributed by atoms with E-state index in [1.165, 1.54) is 25.7 Å². The molecule has 5 heteroatoms. The molecule has 2 atom stereocenters. The van der Waals surface area contributed by atoms with Crippen LogP contribution < -0.4 is 16.8 Å². The van der Waals surface area contributed by atoms with E-state index >= 15 is 0 Å². The third-order valence-corrected chi connectivity index (χ3v) is 3.11. The van der Waals surface area contributed by atoms with E-state index in [0.717, 1.165) is 13.1 Å². The average molecular weight is 229 g/mol. The zero-order valence-corrected chi connectivity index (χ0v) is 9.78. The molecule has 94 valence electrons. The van der Waals surface area contributed by atoms with Gasteiger partial charge in [0.15, 0.2) is 0 Å². The van der Waals surface area contributed by atoms with Crippen molar-refractivity contribution in [2.75, 3.05) is 26.3 Å². The Kier molecular flexibility index (Phi) is 6.37. The topological polar surface area (TPSA) is 90.4 Å². The fraction of sp³-hybridized carbons (Fsp3) is 0.909. The Morgan fingerprint density at radius 3 is 2.81 bits per heavy atom. The largest absolute Gasteiger partial charge is 0.370 e. The Morgan fingerprint density at radius 2 is 2.12 bits per heavy atom. The molecule has 1 rings (SSSR count). The highest BCUT2D eigenvalue weighted by molar-refractivity contribution is 5.74. The third kappa shape index (κ3) is 4.92. The monoisotopic (exact) mass is 229 g/mol. The van der Waals surface area contributed by atoms with Gasteiger partial charge in [-0.2, -0.15) is 0 Å². The molecule has 0 bridgehead atoms. The van der Waals surface area contributed by atoms with Gasteiger partial charge in [-0.1, -0.05) is 12.8 Å². The summed E-state index contributed by atoms with van der Waals surface area (Å²) in [5.74, 6) is 0.169. The van der Waals surface area contributed by atoms with Crippen molar-refractivity contribution in [2.45, 2.75) is 31.7 Å². The molecule has 2 unspecified atom stereocenters. The highest BCUT2D eigenvalue weighted by Gasteiger charge is 2.22. The van der Waals surface area contributed by atoms with Gasteiger partial charge in [-0.25, -0.2) is 0 Å². The molecular weight excluding hydrogens is 206 g/mol. The van der Waals surface area contributed by atoms with E-state index in [-0.39, 0.29) is 6.61 Å². The summed E-state index contributed by atoms with van der Waals surface area (Å²) < 4.78 is 5.09. The van der Waals surface area contributed by atoms with Gasteiger partial charge in [0.05, 0.1) is 6.61 Å². The second-order valence-corrected chi connectivity index (χ2v) is 4.36. The first-order valence-corrected chi connectivity index (χ1v) is 6.03. The Morgan fingerprint density at radius 1 is 1.38 bits per heavy atom. The number of hydrogen-bond donors (Lipinski definition) is 3. The third-order valence-electron chi connectivity index (χ3n) is 3.11. The van der Waals surface area contributed by atoms with Crippen LogP contribution in [0.3, 0.4) is 0 Å². The molecule has 5 nitrogen and oxygen atoms in total. The maximum absolute atomic E-state index is 10.4. The van der Waals surface area contributed by atoms with Gasteiger partial charge in [-0.15, -0.1) is 0 Å². The Balaban J connectivity index is 2.08. The highest BCUT2D eigenvalue weighted by Crippen LogP contribution is 2.23. The Labute approximate surface area is 96.9 Å². The number of nitrogens with one attached hydrogen (secondary N) is 1. The van der Waals surface area contributed by atoms with Gasteiger partial charge in [0.2, 0.25) is 5.91 Å². The van der Waals surface area contributed by atoms with Crippen LogP contribution in [0.4, 0.5) is 0 Å². The summed E-state index contributed by atoms with van der Waals surface area (Å²) in [5.41, 5.74) is 10.7. The predicted molar refractivity (Wildman–Crippen MR) is 62.8 cm³/mol. The minimum Gasteiger partial charge on any atom is -0.370 e. The highest BCUT2D eigenvalue weighted by atomic mass is 16.5. The fourth-order valence-electron chi connectivity index (χ4n) is 2.25. The second kappa shape index (κ2) is 7.60. The van der Waals surface area contributed by atoms with Gasteiger partial charge in [-0.3, -0.25) is 4.79 Å². The van der Waals surface area contributed by atoms with E-state index < -0.39 is 5.91 Å². The van der Waals surface area contributed by atoms with Crippen LogP contribution in [0.2, 0.25) is 0 Å². The van der Waals surface area contributed by atoms with Crippen LogP contribution in [-0.2, 0) is 9.53 Å². The fourth-order valence-corrected chi connectivity index (χ4v) is 2.25. The van der Waals surface area contributed by atoms with Gasteiger partial charge in [0.1, 0.15) is 6.61 Å². The summed E-state index contributed by atoms with van der Waals surface area (Å²) in [4.78, 5) is 10.4. The molecule has 1 fully saturated rings. The van der Waals surface area contributed by atoms with E-state index in [2.05, 4.69) is 5.32 Å². The van der Waals surface area contributed by atoms with Gasteiger partial charge < -0.3 is 21.5 Å². The lowest BCUT2D eigenvalue weighted by atomic mass is 9.84. The molecule has 16 heavy (non-hydrogen) atoms. The van der Waals surface area contributed by atoms with Crippen molar-refractivity contribution in [1.29, 1.82) is 0 Å². The van der Waals surface area contributed by atoms with Crippen molar-refractivity contribution < 1.29 is 9.53 Å². The number of carbonyl (C=O) groups excluding carboxylic acids is 1. The van der Waals surface area contributed by atoms with E-state index in [1.807, 2.05) is 0 Å². The van der Waals surface area contributed by atoms with E-state index in [9.17, 15) is 4.79 Å². The molecule has 0 aliphatic heterocycles. The molecule has 0 spiro atoms. The minimum atomic E-state index is -0.419. The maximum atomic E-state index is 10.4. The number of primary amides is 1. The lowest BCUT2D eigenvalue weighted by Gasteiger charge is -2.31. The molecule has 0 aromatic carbocycles. The standard InChI is InChI=1S/C11H23N3O2/c12-7-9-3-1-2-4-10(9)14-5-6-16-8-11(13)15/h9-10,14H,1-8,12H2,(H2,13,15). The quantitative estimate of drug-likeness (QED) is 0.518. The van der Waals surface area contributed by atoms with E-state index in [1.54, 1.807) is 0 Å². The van der Waals surface area contributed by atoms with Crippen LogP contribution >= 0.6 is 0 Å². The molecule has 1 saturated carbocycles. The van der Waals surface area contributed by atoms with Gasteiger partial charge in [0, 0.05) is 12.6 Å². The number of rotatable bonds is 7. The van der Waals surface area contributed by atoms with Crippen LogP contribution in [0, 0.1) is 5.92 Å². The molecular formula is C11H23N3O2. The average Bonchev–Trinajstić information content (AvgIpc) is 2.29. The number of amides is 1. The van der Waals surface area contributed by atoms with Crippen LogP contribution in [0.15, 0.2) is 0 Å². The molecule has 1 aliphatic carbocycles. The van der Waals surface area contributed by atoms with E-state index in [4.69, 9.17) is 16.2 Å². The summed E-state index contributed by atoms with van der Waals surface area (Å²) >= 11 is 0. The first-order chi connectivity index (χ1) is 7.74. The second-order valence-electron chi connectivity index (χ2n) is 4.36. The Hall–Kier alpha value is -0.650. The van der Waals surface area contributed by atoms with Crippen LogP contribution in [0.5, 0.6) is 0 Å². The number of hydrogen-bond acceptors (Lipinski definition) is 4. The summed E-state index contributed by atoms with van der Waals surface area (Å²) in [7, 11) is 0. The lowest BCUT2D eigenvalue weighted by Crippen LogP contribution is -2.43. The zero-order chi connectivity index (χ0) is 11.8. The van der Waals surface area contributed by atoms with Crippen LogP contribution in [0.1, 0.15) is 25.7 Å². The van der Waals surface area contributed by atoms with Crippen molar-refractivity contribution in [2.24, 2.45) is 17.4 Å². The zero-order valence-electron chi connectivity index (χ0n) is 9.78. The molecule has 1 aliphatic rings. The van der Waals surface area contributed by atoms with Gasteiger partial charge in [0.25, 0.3) is 0 Å². The summed E-state index contributed by atoms with van der Waals surface area (Å²) in [6, 6.07) is 0.510. The number of ether oxygens (including phenoxy) is 1. The van der Waals surface area contributed by atoms with Crippen molar-refractivity contribution in [3.05, 3.63) is 0 Å². The van der Waals surface area contributed by atoms with Crippen LogP contribution in [-0.4, -0.2) is 38.3 Å². The van der Waals surface area contributed by atoms with Crippen molar-refractivity contribution in [3.8, 4) is 0 Å². The molecule has 5 N–H and O–H groups in total. The molecule has 1 amide bonds. The number of carbonyl (C=O) groups is 1. The molecule has 0 saturated heterocycles. The SMILES string of the molecule is NCC1CCCCC1NCCOCC(N)=O. The molecule has 0 aromatic rings. The molecule has 0 aromatic heterocycles. The van der Waals surface area contributed by atoms with Crippen LogP contribution in [0.25, 0.3) is 0 Å². The summed E-state index contributed by atoms with van der Waals surface area (Å²) in [5, 5.41) is 3.44. The summed E-state index contributed by atoms with van der Waals surface area (Å²) in [6.45, 7) is 2.04. The van der Waals surface area contributed by atoms with Crippen molar-refractivity contribution in [3.63, 3.8) is 0 Å². The normalized spacial score (nSPS) is 25.6.